The van der Waals surface area contributed by atoms with Gasteiger partial charge in [0, 0.05) is 25.7 Å². The van der Waals surface area contributed by atoms with Crippen LogP contribution in [0.3, 0.4) is 0 Å². The molecule has 1 aliphatic rings. The van der Waals surface area contributed by atoms with Crippen molar-refractivity contribution in [3.05, 3.63) is 29.3 Å². The minimum absolute atomic E-state index is 0.328. The molecule has 2 rings (SSSR count). The molecule has 1 aliphatic carbocycles. The summed E-state index contributed by atoms with van der Waals surface area (Å²) >= 11 is 0. The Morgan fingerprint density at radius 1 is 1.40 bits per heavy atom. The van der Waals surface area contributed by atoms with Crippen molar-refractivity contribution >= 4 is 10.0 Å². The van der Waals surface area contributed by atoms with Crippen LogP contribution < -0.4 is 10.5 Å². The van der Waals surface area contributed by atoms with Crippen LogP contribution in [-0.2, 0) is 16.6 Å². The molecule has 1 fully saturated rings. The molecule has 0 aliphatic heterocycles. The summed E-state index contributed by atoms with van der Waals surface area (Å²) in [5, 5.41) is 0. The van der Waals surface area contributed by atoms with Crippen molar-refractivity contribution in [3.63, 3.8) is 0 Å². The lowest BCUT2D eigenvalue weighted by Crippen LogP contribution is -2.34. The standard InChI is InChI=1S/C14H23N3O2S/c1-11-12(10-15)4-3-5-14(11)20(18,19)16-8-9-17(2)13-6-7-13/h3-5,13,16H,6-10,15H2,1-2H3. The van der Waals surface area contributed by atoms with Crippen LogP contribution in [0, 0.1) is 6.92 Å². The Labute approximate surface area is 121 Å². The average Bonchev–Trinajstić information content (AvgIpc) is 3.22. The van der Waals surface area contributed by atoms with Crippen molar-refractivity contribution in [1.29, 1.82) is 0 Å². The van der Waals surface area contributed by atoms with Crippen molar-refractivity contribution in [2.75, 3.05) is 20.1 Å². The normalized spacial score (nSPS) is 15.8. The lowest BCUT2D eigenvalue weighted by molar-refractivity contribution is 0.329. The highest BCUT2D eigenvalue weighted by Crippen LogP contribution is 2.24. The van der Waals surface area contributed by atoms with E-state index in [0.717, 1.165) is 17.7 Å². The lowest BCUT2D eigenvalue weighted by atomic mass is 10.1. The van der Waals surface area contributed by atoms with Crippen LogP contribution in [-0.4, -0.2) is 39.5 Å². The fraction of sp³-hybridized carbons (Fsp3) is 0.571. The Kier molecular flexibility index (Phi) is 4.80. The van der Waals surface area contributed by atoms with Crippen LogP contribution in [0.2, 0.25) is 0 Å². The van der Waals surface area contributed by atoms with Crippen LogP contribution in [0.5, 0.6) is 0 Å². The van der Waals surface area contributed by atoms with E-state index in [1.165, 1.54) is 12.8 Å². The van der Waals surface area contributed by atoms with Crippen molar-refractivity contribution in [1.82, 2.24) is 9.62 Å². The third-order valence-electron chi connectivity index (χ3n) is 3.83. The molecule has 1 saturated carbocycles. The fourth-order valence-corrected chi connectivity index (χ4v) is 3.61. The number of rotatable bonds is 7. The van der Waals surface area contributed by atoms with E-state index in [4.69, 9.17) is 5.73 Å². The van der Waals surface area contributed by atoms with Crippen molar-refractivity contribution < 1.29 is 8.42 Å². The molecule has 0 saturated heterocycles. The Bertz CT molecular complexity index is 568. The molecular formula is C14H23N3O2S. The number of sulfonamides is 1. The number of nitrogens with one attached hydrogen (secondary N) is 1. The maximum Gasteiger partial charge on any atom is 0.240 e. The Balaban J connectivity index is 2.02. The van der Waals surface area contributed by atoms with Crippen LogP contribution in [0.15, 0.2) is 23.1 Å². The van der Waals surface area contributed by atoms with Gasteiger partial charge in [0.1, 0.15) is 0 Å². The van der Waals surface area contributed by atoms with Gasteiger partial charge in [-0.3, -0.25) is 0 Å². The first-order valence-corrected chi connectivity index (χ1v) is 8.42. The van der Waals surface area contributed by atoms with E-state index >= 15 is 0 Å². The first kappa shape index (κ1) is 15.4. The molecule has 112 valence electrons. The highest BCUT2D eigenvalue weighted by molar-refractivity contribution is 7.89. The fourth-order valence-electron chi connectivity index (χ4n) is 2.30. The van der Waals surface area contributed by atoms with E-state index in [-0.39, 0.29) is 0 Å². The van der Waals surface area contributed by atoms with Gasteiger partial charge in [0.25, 0.3) is 0 Å². The Morgan fingerprint density at radius 2 is 2.10 bits per heavy atom. The smallest absolute Gasteiger partial charge is 0.240 e. The summed E-state index contributed by atoms with van der Waals surface area (Å²) in [6.07, 6.45) is 2.45. The number of hydrogen-bond acceptors (Lipinski definition) is 4. The average molecular weight is 297 g/mol. The summed E-state index contributed by atoms with van der Waals surface area (Å²) in [5.74, 6) is 0. The molecule has 0 bridgehead atoms. The molecule has 0 aromatic heterocycles. The first-order valence-electron chi connectivity index (χ1n) is 6.94. The summed E-state index contributed by atoms with van der Waals surface area (Å²) in [5.41, 5.74) is 7.22. The summed E-state index contributed by atoms with van der Waals surface area (Å²) in [4.78, 5) is 2.53. The van der Waals surface area contributed by atoms with Gasteiger partial charge < -0.3 is 10.6 Å². The van der Waals surface area contributed by atoms with E-state index in [1.54, 1.807) is 19.1 Å². The van der Waals surface area contributed by atoms with E-state index in [1.807, 2.05) is 13.1 Å². The zero-order valence-corrected chi connectivity index (χ0v) is 12.9. The van der Waals surface area contributed by atoms with Crippen molar-refractivity contribution in [2.45, 2.75) is 37.2 Å². The van der Waals surface area contributed by atoms with Crippen LogP contribution in [0.4, 0.5) is 0 Å². The predicted molar refractivity (Wildman–Crippen MR) is 79.9 cm³/mol. The lowest BCUT2D eigenvalue weighted by Gasteiger charge is -2.16. The molecule has 0 radical (unpaired) electrons. The van der Waals surface area contributed by atoms with Crippen molar-refractivity contribution in [3.8, 4) is 0 Å². The highest BCUT2D eigenvalue weighted by Gasteiger charge is 2.26. The van der Waals surface area contributed by atoms with Gasteiger partial charge in [0.2, 0.25) is 10.0 Å². The van der Waals surface area contributed by atoms with Crippen LogP contribution in [0.25, 0.3) is 0 Å². The molecule has 1 aromatic rings. The number of benzene rings is 1. The van der Waals surface area contributed by atoms with Crippen LogP contribution in [0.1, 0.15) is 24.0 Å². The Morgan fingerprint density at radius 3 is 2.70 bits per heavy atom. The van der Waals surface area contributed by atoms with Gasteiger partial charge in [-0.25, -0.2) is 13.1 Å². The van der Waals surface area contributed by atoms with E-state index in [2.05, 4.69) is 9.62 Å². The van der Waals surface area contributed by atoms with Gasteiger partial charge in [-0.1, -0.05) is 12.1 Å². The number of nitrogens with zero attached hydrogens (tertiary/aromatic N) is 1. The second-order valence-corrected chi connectivity index (χ2v) is 7.09. The van der Waals surface area contributed by atoms with Crippen molar-refractivity contribution in [2.24, 2.45) is 5.73 Å². The topological polar surface area (TPSA) is 75.4 Å². The minimum atomic E-state index is -3.46. The molecule has 0 amide bonds. The third-order valence-corrected chi connectivity index (χ3v) is 5.44. The second kappa shape index (κ2) is 6.22. The van der Waals surface area contributed by atoms with E-state index in [0.29, 0.717) is 24.0 Å². The summed E-state index contributed by atoms with van der Waals surface area (Å²) in [6.45, 7) is 3.31. The van der Waals surface area contributed by atoms with E-state index in [9.17, 15) is 8.42 Å². The molecule has 6 heteroatoms. The summed E-state index contributed by atoms with van der Waals surface area (Å²) in [7, 11) is -1.42. The van der Waals surface area contributed by atoms with Gasteiger partial charge in [0.05, 0.1) is 4.90 Å². The zero-order chi connectivity index (χ0) is 14.8. The summed E-state index contributed by atoms with van der Waals surface area (Å²) in [6, 6.07) is 5.86. The molecule has 0 spiro atoms. The minimum Gasteiger partial charge on any atom is -0.326 e. The molecule has 0 heterocycles. The number of hydrogen-bond donors (Lipinski definition) is 2. The Hall–Kier alpha value is -0.950. The molecule has 20 heavy (non-hydrogen) atoms. The van der Waals surface area contributed by atoms with Gasteiger partial charge in [-0.2, -0.15) is 0 Å². The quantitative estimate of drug-likeness (QED) is 0.781. The highest BCUT2D eigenvalue weighted by atomic mass is 32.2. The second-order valence-electron chi connectivity index (χ2n) is 5.35. The molecule has 5 nitrogen and oxygen atoms in total. The number of nitrogens with two attached hydrogens (primary N) is 1. The molecular weight excluding hydrogens is 274 g/mol. The molecule has 3 N–H and O–H groups in total. The summed E-state index contributed by atoms with van der Waals surface area (Å²) < 4.78 is 27.3. The maximum atomic E-state index is 12.3. The van der Waals surface area contributed by atoms with Gasteiger partial charge in [0.15, 0.2) is 0 Å². The van der Waals surface area contributed by atoms with Gasteiger partial charge in [-0.05, 0) is 44.0 Å². The first-order chi connectivity index (χ1) is 9.45. The molecule has 0 unspecified atom stereocenters. The maximum absolute atomic E-state index is 12.3. The largest absolute Gasteiger partial charge is 0.326 e. The van der Waals surface area contributed by atoms with Gasteiger partial charge >= 0.3 is 0 Å². The zero-order valence-electron chi connectivity index (χ0n) is 12.1. The van der Waals surface area contributed by atoms with Crippen LogP contribution >= 0.6 is 0 Å². The molecule has 0 atom stereocenters. The SMILES string of the molecule is Cc1c(CN)cccc1S(=O)(=O)NCCN(C)C1CC1. The predicted octanol–water partition coefficient (Wildman–Crippen LogP) is 0.826. The van der Waals surface area contributed by atoms with E-state index < -0.39 is 10.0 Å². The number of likely N-dealkylation sites (N-methyl/N-ethyl adjacent to an activating group) is 1. The third kappa shape index (κ3) is 3.58. The monoisotopic (exact) mass is 297 g/mol. The molecule has 1 aromatic carbocycles. The van der Waals surface area contributed by atoms with Gasteiger partial charge in [-0.15, -0.1) is 0 Å².